The Labute approximate surface area is 114 Å². The molecule has 2 fully saturated rings. The van der Waals surface area contributed by atoms with Gasteiger partial charge >= 0.3 is 116 Å². The van der Waals surface area contributed by atoms with Gasteiger partial charge in [-0.1, -0.05) is 0 Å². The van der Waals surface area contributed by atoms with Crippen molar-refractivity contribution in [1.82, 2.24) is 3.46 Å². The van der Waals surface area contributed by atoms with Crippen LogP contribution in [0.2, 0.25) is 0 Å². The first kappa shape index (κ1) is 12.6. The zero-order chi connectivity index (χ0) is 9.97. The molecular formula is C10H18I2NPt. The topological polar surface area (TPSA) is 3.24 Å². The Morgan fingerprint density at radius 3 is 1.43 bits per heavy atom. The van der Waals surface area contributed by atoms with Crippen LogP contribution in [0.4, 0.5) is 0 Å². The van der Waals surface area contributed by atoms with Crippen LogP contribution in [0, 0.1) is 0 Å². The van der Waals surface area contributed by atoms with Crippen molar-refractivity contribution in [2.45, 2.75) is 63.5 Å². The molecule has 0 aromatic rings. The van der Waals surface area contributed by atoms with Gasteiger partial charge in [-0.2, -0.15) is 0 Å². The van der Waals surface area contributed by atoms with Gasteiger partial charge in [0.2, 0.25) is 0 Å². The molecule has 87 valence electrons. The van der Waals surface area contributed by atoms with Crippen molar-refractivity contribution in [2.75, 3.05) is 0 Å². The molecule has 0 amide bonds. The summed E-state index contributed by atoms with van der Waals surface area (Å²) in [7, 11) is -0.795. The van der Waals surface area contributed by atoms with E-state index >= 15 is 0 Å². The van der Waals surface area contributed by atoms with Gasteiger partial charge in [0, 0.05) is 0 Å². The molecule has 4 heteroatoms. The quantitative estimate of drug-likeness (QED) is 0.434. The first-order valence-corrected chi connectivity index (χ1v) is 19.4. The number of halogens is 2. The molecule has 1 nitrogen and oxygen atoms in total. The fourth-order valence-electron chi connectivity index (χ4n) is 2.74. The minimum absolute atomic E-state index is 0.795. The maximum atomic E-state index is 2.98. The van der Waals surface area contributed by atoms with Gasteiger partial charge in [0.25, 0.3) is 0 Å². The number of hydrogen-bond acceptors (Lipinski definition) is 1. The second-order valence-electron chi connectivity index (χ2n) is 4.34. The van der Waals surface area contributed by atoms with Crippen molar-refractivity contribution >= 4 is 38.7 Å². The molecule has 0 radical (unpaired) electrons. The van der Waals surface area contributed by atoms with Gasteiger partial charge in [0.1, 0.15) is 0 Å². The van der Waals surface area contributed by atoms with E-state index < -0.39 is 10.2 Å². The van der Waals surface area contributed by atoms with E-state index in [1.165, 1.54) is 51.4 Å². The summed E-state index contributed by atoms with van der Waals surface area (Å²) >= 11 is 5.51. The Bertz CT molecular complexity index is 161. The Balaban J connectivity index is 1.98. The third-order valence-electron chi connectivity index (χ3n) is 3.43. The Hall–Kier alpha value is 2.11. The molecule has 0 spiro atoms. The van der Waals surface area contributed by atoms with Gasteiger partial charge in [-0.25, -0.2) is 0 Å². The van der Waals surface area contributed by atoms with Crippen molar-refractivity contribution in [3.8, 4) is 0 Å². The molecule has 2 rings (SSSR count). The van der Waals surface area contributed by atoms with Crippen LogP contribution in [0.25, 0.3) is 0 Å². The van der Waals surface area contributed by atoms with E-state index in [0.29, 0.717) is 0 Å². The fraction of sp³-hybridized carbons (Fsp3) is 1.00. The molecule has 0 aliphatic heterocycles. The normalized spacial score (nSPS) is 26.4. The Morgan fingerprint density at radius 1 is 0.786 bits per heavy atom. The molecule has 0 unspecified atom stereocenters. The number of rotatable bonds is 3. The molecule has 0 bridgehead atoms. The van der Waals surface area contributed by atoms with Crippen LogP contribution in [0.5, 0.6) is 0 Å². The molecule has 0 heterocycles. The van der Waals surface area contributed by atoms with Gasteiger partial charge in [-0.15, -0.1) is 0 Å². The van der Waals surface area contributed by atoms with Gasteiger partial charge in [0.15, 0.2) is 0 Å². The van der Waals surface area contributed by atoms with Crippen LogP contribution in [0.3, 0.4) is 0 Å². The van der Waals surface area contributed by atoms with Gasteiger partial charge in [-0.05, 0) is 0 Å². The van der Waals surface area contributed by atoms with E-state index in [1.807, 2.05) is 0 Å². The summed E-state index contributed by atoms with van der Waals surface area (Å²) < 4.78 is 2.98. The molecule has 14 heavy (non-hydrogen) atoms. The van der Waals surface area contributed by atoms with Crippen LogP contribution in [-0.4, -0.2) is 15.5 Å². The van der Waals surface area contributed by atoms with E-state index in [0.717, 1.165) is 12.1 Å². The minimum atomic E-state index is -0.795. The van der Waals surface area contributed by atoms with E-state index in [1.54, 1.807) is 0 Å². The second kappa shape index (κ2) is 6.15. The maximum absolute atomic E-state index is 2.98. The Kier molecular flexibility index (Phi) is 5.52. The summed E-state index contributed by atoms with van der Waals surface area (Å²) in [6, 6.07) is 1.97. The third-order valence-corrected chi connectivity index (χ3v) is 11.7. The van der Waals surface area contributed by atoms with E-state index in [9.17, 15) is 0 Å². The third kappa shape index (κ3) is 3.07. The van der Waals surface area contributed by atoms with Crippen LogP contribution in [-0.2, 0) is 10.2 Å². The van der Waals surface area contributed by atoms with Gasteiger partial charge in [-0.3, -0.25) is 0 Å². The molecule has 0 aromatic carbocycles. The molecule has 2 aliphatic carbocycles. The molecule has 0 atom stereocenters. The van der Waals surface area contributed by atoms with Crippen molar-refractivity contribution in [3.63, 3.8) is 0 Å². The van der Waals surface area contributed by atoms with Crippen LogP contribution >= 0.6 is 38.7 Å². The standard InChI is InChI=1S/C10H18N.2HI.Pt/c1-2-6-9(5-1)11-10-7-3-4-8-10;;;/h9-10H,1-8H2;2*1H;/q-1;;;+3/p-2. The summed E-state index contributed by atoms with van der Waals surface area (Å²) in [6.45, 7) is 0. The van der Waals surface area contributed by atoms with Crippen molar-refractivity contribution in [3.05, 3.63) is 0 Å². The predicted octanol–water partition coefficient (Wildman–Crippen LogP) is 4.41. The van der Waals surface area contributed by atoms with Crippen molar-refractivity contribution < 1.29 is 10.2 Å². The summed E-state index contributed by atoms with van der Waals surface area (Å²) in [4.78, 5) is 0. The average Bonchev–Trinajstić information content (AvgIpc) is 2.75. The predicted molar refractivity (Wildman–Crippen MR) is 74.4 cm³/mol. The zero-order valence-electron chi connectivity index (χ0n) is 8.33. The summed E-state index contributed by atoms with van der Waals surface area (Å²) in [5.41, 5.74) is 0. The van der Waals surface area contributed by atoms with E-state index in [4.69, 9.17) is 0 Å². The first-order valence-electron chi connectivity index (χ1n) is 5.53. The summed E-state index contributed by atoms with van der Waals surface area (Å²) in [5.74, 6) is 0. The Morgan fingerprint density at radius 2 is 1.14 bits per heavy atom. The SMILES string of the molecule is [I][Pt]([I])[N](C1CCCC1)C1CCCC1. The number of hydrogen-bond donors (Lipinski definition) is 0. The van der Waals surface area contributed by atoms with E-state index in [2.05, 4.69) is 42.2 Å². The van der Waals surface area contributed by atoms with Gasteiger partial charge < -0.3 is 0 Å². The van der Waals surface area contributed by atoms with Crippen molar-refractivity contribution in [1.29, 1.82) is 0 Å². The molecule has 2 aliphatic rings. The first-order chi connectivity index (χ1) is 6.79. The second-order valence-corrected chi connectivity index (χ2v) is 27.9. The fourth-order valence-corrected chi connectivity index (χ4v) is 13.3. The van der Waals surface area contributed by atoms with Crippen LogP contribution in [0.1, 0.15) is 51.4 Å². The zero-order valence-corrected chi connectivity index (χ0v) is 14.9. The molecule has 0 N–H and O–H groups in total. The van der Waals surface area contributed by atoms with Crippen LogP contribution < -0.4 is 0 Å². The van der Waals surface area contributed by atoms with E-state index in [-0.39, 0.29) is 0 Å². The monoisotopic (exact) mass is 601 g/mol. The molecule has 0 aromatic heterocycles. The van der Waals surface area contributed by atoms with Gasteiger partial charge in [0.05, 0.1) is 0 Å². The molecule has 2 saturated carbocycles. The average molecular weight is 601 g/mol. The molecule has 0 saturated heterocycles. The summed E-state index contributed by atoms with van der Waals surface area (Å²) in [6.07, 6.45) is 12.0. The molecular weight excluding hydrogens is 583 g/mol. The van der Waals surface area contributed by atoms with Crippen LogP contribution in [0.15, 0.2) is 0 Å². The number of nitrogens with zero attached hydrogens (tertiary/aromatic N) is 1. The summed E-state index contributed by atoms with van der Waals surface area (Å²) in [5, 5.41) is 0. The van der Waals surface area contributed by atoms with Crippen molar-refractivity contribution in [2.24, 2.45) is 0 Å².